The Balaban J connectivity index is 1.49. The van der Waals surface area contributed by atoms with E-state index in [2.05, 4.69) is 12.1 Å². The third-order valence-electron chi connectivity index (χ3n) is 6.96. The number of piperidine rings is 2. The van der Waals surface area contributed by atoms with Crippen LogP contribution < -0.4 is 0 Å². The number of thiophene rings is 1. The van der Waals surface area contributed by atoms with Gasteiger partial charge in [-0.3, -0.25) is 14.4 Å². The molecule has 0 N–H and O–H groups in total. The molecule has 4 rings (SSSR count). The number of hydrogen-bond acceptors (Lipinski definition) is 4. The first-order chi connectivity index (χ1) is 15.5. The van der Waals surface area contributed by atoms with Gasteiger partial charge in [-0.1, -0.05) is 36.4 Å². The molecule has 2 aliphatic heterocycles. The predicted octanol–water partition coefficient (Wildman–Crippen LogP) is 3.46. The molecule has 3 heterocycles. The summed E-state index contributed by atoms with van der Waals surface area (Å²) in [4.78, 5) is 44.5. The van der Waals surface area contributed by atoms with E-state index in [0.717, 1.165) is 29.7 Å². The minimum Gasteiger partial charge on any atom is -0.343 e. The van der Waals surface area contributed by atoms with Gasteiger partial charge in [0.15, 0.2) is 0 Å². The molecule has 0 spiro atoms. The standard InChI is InChI=1S/C25H31N3O3S/c1-18(29)27-13-10-20(11-14-27)24(30)28-15-12-22(21(17-28)19-7-4-3-5-8-19)26(2)25(31)23-9-6-16-32-23/h3-9,16,20-22H,10-15,17H2,1-2H3. The van der Waals surface area contributed by atoms with Crippen LogP contribution in [0, 0.1) is 5.92 Å². The Bertz CT molecular complexity index is 939. The van der Waals surface area contributed by atoms with Crippen molar-refractivity contribution < 1.29 is 14.4 Å². The van der Waals surface area contributed by atoms with Gasteiger partial charge in [0.1, 0.15) is 0 Å². The normalized spacial score (nSPS) is 21.9. The van der Waals surface area contributed by atoms with Gasteiger partial charge < -0.3 is 14.7 Å². The zero-order chi connectivity index (χ0) is 22.7. The van der Waals surface area contributed by atoms with Crippen LogP contribution in [0.5, 0.6) is 0 Å². The van der Waals surface area contributed by atoms with Gasteiger partial charge in [-0.05, 0) is 36.3 Å². The zero-order valence-electron chi connectivity index (χ0n) is 18.8. The van der Waals surface area contributed by atoms with E-state index in [4.69, 9.17) is 0 Å². The van der Waals surface area contributed by atoms with Crippen LogP contribution in [0.3, 0.4) is 0 Å². The van der Waals surface area contributed by atoms with Crippen LogP contribution in [0.2, 0.25) is 0 Å². The van der Waals surface area contributed by atoms with E-state index < -0.39 is 0 Å². The molecule has 0 bridgehead atoms. The summed E-state index contributed by atoms with van der Waals surface area (Å²) in [6.45, 7) is 4.17. The second-order valence-electron chi connectivity index (χ2n) is 8.83. The Morgan fingerprint density at radius 2 is 1.62 bits per heavy atom. The highest BCUT2D eigenvalue weighted by Crippen LogP contribution is 2.33. The van der Waals surface area contributed by atoms with E-state index in [1.54, 1.807) is 6.92 Å². The highest BCUT2D eigenvalue weighted by atomic mass is 32.1. The quantitative estimate of drug-likeness (QED) is 0.712. The van der Waals surface area contributed by atoms with E-state index >= 15 is 0 Å². The van der Waals surface area contributed by atoms with Gasteiger partial charge >= 0.3 is 0 Å². The lowest BCUT2D eigenvalue weighted by Crippen LogP contribution is -2.53. The molecule has 2 atom stereocenters. The van der Waals surface area contributed by atoms with E-state index in [-0.39, 0.29) is 35.6 Å². The van der Waals surface area contributed by atoms with Crippen LogP contribution in [-0.4, -0.2) is 71.7 Å². The molecule has 170 valence electrons. The van der Waals surface area contributed by atoms with Crippen LogP contribution in [0.1, 0.15) is 47.3 Å². The Labute approximate surface area is 193 Å². The zero-order valence-corrected chi connectivity index (χ0v) is 19.6. The lowest BCUT2D eigenvalue weighted by Gasteiger charge is -2.44. The average Bonchev–Trinajstić information content (AvgIpc) is 3.38. The topological polar surface area (TPSA) is 60.9 Å². The van der Waals surface area contributed by atoms with Crippen LogP contribution in [0.25, 0.3) is 0 Å². The number of carbonyl (C=O) groups is 3. The van der Waals surface area contributed by atoms with E-state index in [9.17, 15) is 14.4 Å². The summed E-state index contributed by atoms with van der Waals surface area (Å²) in [5, 5.41) is 1.93. The first-order valence-electron chi connectivity index (χ1n) is 11.4. The first kappa shape index (κ1) is 22.5. The van der Waals surface area contributed by atoms with Gasteiger partial charge in [-0.25, -0.2) is 0 Å². The lowest BCUT2D eigenvalue weighted by atomic mass is 9.84. The summed E-state index contributed by atoms with van der Waals surface area (Å²) in [6.07, 6.45) is 2.21. The van der Waals surface area contributed by atoms with Gasteiger partial charge in [0.05, 0.1) is 4.88 Å². The minimum atomic E-state index is -0.0240. The van der Waals surface area contributed by atoms with Crippen molar-refractivity contribution in [3.63, 3.8) is 0 Å². The largest absolute Gasteiger partial charge is 0.343 e. The molecule has 0 saturated carbocycles. The van der Waals surface area contributed by atoms with Crippen LogP contribution in [0.15, 0.2) is 47.8 Å². The second-order valence-corrected chi connectivity index (χ2v) is 9.78. The van der Waals surface area contributed by atoms with Crippen molar-refractivity contribution in [1.29, 1.82) is 0 Å². The fourth-order valence-corrected chi connectivity index (χ4v) is 5.76. The molecule has 2 unspecified atom stereocenters. The maximum absolute atomic E-state index is 13.3. The summed E-state index contributed by atoms with van der Waals surface area (Å²) in [5.41, 5.74) is 1.16. The van der Waals surface area contributed by atoms with Crippen molar-refractivity contribution in [3.05, 3.63) is 58.3 Å². The number of nitrogens with zero attached hydrogens (tertiary/aromatic N) is 3. The summed E-state index contributed by atoms with van der Waals surface area (Å²) in [5.74, 6) is 0.366. The van der Waals surface area contributed by atoms with Crippen molar-refractivity contribution in [2.75, 3.05) is 33.2 Å². The minimum absolute atomic E-state index is 0.0240. The molecule has 2 fully saturated rings. The Morgan fingerprint density at radius 3 is 2.25 bits per heavy atom. The molecule has 6 nitrogen and oxygen atoms in total. The van der Waals surface area contributed by atoms with Crippen molar-refractivity contribution >= 4 is 29.1 Å². The fourth-order valence-electron chi connectivity index (χ4n) is 5.06. The van der Waals surface area contributed by atoms with Crippen LogP contribution in [-0.2, 0) is 9.59 Å². The van der Waals surface area contributed by atoms with Gasteiger partial charge in [0.25, 0.3) is 5.91 Å². The highest BCUT2D eigenvalue weighted by molar-refractivity contribution is 7.12. The van der Waals surface area contributed by atoms with Gasteiger partial charge in [-0.2, -0.15) is 0 Å². The van der Waals surface area contributed by atoms with Gasteiger partial charge in [0, 0.05) is 58.0 Å². The molecule has 2 aromatic rings. The average molecular weight is 454 g/mol. The van der Waals surface area contributed by atoms with Crippen LogP contribution in [0.4, 0.5) is 0 Å². The number of rotatable bonds is 4. The van der Waals surface area contributed by atoms with Gasteiger partial charge in [0.2, 0.25) is 11.8 Å². The second kappa shape index (κ2) is 9.86. The monoisotopic (exact) mass is 453 g/mol. The maximum atomic E-state index is 13.3. The van der Waals surface area contributed by atoms with Crippen molar-refractivity contribution in [2.24, 2.45) is 5.92 Å². The molecule has 7 heteroatoms. The predicted molar refractivity (Wildman–Crippen MR) is 126 cm³/mol. The number of likely N-dealkylation sites (tertiary alicyclic amines) is 2. The molecule has 1 aromatic carbocycles. The fraction of sp³-hybridized carbons (Fsp3) is 0.480. The number of hydrogen-bond donors (Lipinski definition) is 0. The molecular weight excluding hydrogens is 422 g/mol. The van der Waals surface area contributed by atoms with E-state index in [1.165, 1.54) is 11.3 Å². The molecule has 2 aliphatic rings. The Morgan fingerprint density at radius 1 is 0.938 bits per heavy atom. The van der Waals surface area contributed by atoms with Crippen molar-refractivity contribution in [2.45, 2.75) is 38.1 Å². The number of amides is 3. The van der Waals surface area contributed by atoms with E-state index in [1.807, 2.05) is 57.5 Å². The Hall–Kier alpha value is -2.67. The molecular formula is C25H31N3O3S. The highest BCUT2D eigenvalue weighted by Gasteiger charge is 2.39. The summed E-state index contributed by atoms with van der Waals surface area (Å²) < 4.78 is 0. The maximum Gasteiger partial charge on any atom is 0.263 e. The van der Waals surface area contributed by atoms with Crippen molar-refractivity contribution in [1.82, 2.24) is 14.7 Å². The summed E-state index contributed by atoms with van der Waals surface area (Å²) in [6, 6.07) is 14.0. The summed E-state index contributed by atoms with van der Waals surface area (Å²) >= 11 is 1.46. The summed E-state index contributed by atoms with van der Waals surface area (Å²) in [7, 11) is 1.89. The molecule has 3 amide bonds. The van der Waals surface area contributed by atoms with Crippen molar-refractivity contribution in [3.8, 4) is 0 Å². The van der Waals surface area contributed by atoms with Gasteiger partial charge in [-0.15, -0.1) is 11.3 Å². The molecule has 1 aromatic heterocycles. The van der Waals surface area contributed by atoms with Crippen LogP contribution >= 0.6 is 11.3 Å². The third kappa shape index (κ3) is 4.72. The molecule has 2 saturated heterocycles. The SMILES string of the molecule is CC(=O)N1CCC(C(=O)N2CCC(N(C)C(=O)c3cccs3)C(c3ccccc3)C2)CC1. The molecule has 0 aliphatic carbocycles. The van der Waals surface area contributed by atoms with E-state index in [0.29, 0.717) is 26.2 Å². The molecule has 32 heavy (non-hydrogen) atoms. The smallest absolute Gasteiger partial charge is 0.263 e. The first-order valence-corrected chi connectivity index (χ1v) is 12.2. The number of benzene rings is 1. The molecule has 0 radical (unpaired) electrons. The third-order valence-corrected chi connectivity index (χ3v) is 7.81. The number of carbonyl (C=O) groups excluding carboxylic acids is 3. The Kier molecular flexibility index (Phi) is 6.94. The lowest BCUT2D eigenvalue weighted by molar-refractivity contribution is -0.141. The number of likely N-dealkylation sites (N-methyl/N-ethyl adjacent to an activating group) is 1.